The van der Waals surface area contributed by atoms with E-state index < -0.39 is 0 Å². The van der Waals surface area contributed by atoms with Crippen molar-refractivity contribution in [3.63, 3.8) is 0 Å². The molecule has 0 saturated carbocycles. The maximum atomic E-state index is 5.60. The van der Waals surface area contributed by atoms with Gasteiger partial charge < -0.3 is 15.0 Å². The van der Waals surface area contributed by atoms with E-state index in [2.05, 4.69) is 34.4 Å². The molecule has 19 heavy (non-hydrogen) atoms. The number of ether oxygens (including phenoxy) is 1. The van der Waals surface area contributed by atoms with Crippen molar-refractivity contribution >= 4 is 0 Å². The van der Waals surface area contributed by atoms with E-state index in [0.717, 1.165) is 44.1 Å². The van der Waals surface area contributed by atoms with Crippen molar-refractivity contribution in [2.45, 2.75) is 25.9 Å². The quantitative estimate of drug-likeness (QED) is 0.872. The SMILES string of the molecule is CNC1CCOCC1CN(C)Cc1cccc(C)n1. The van der Waals surface area contributed by atoms with Gasteiger partial charge in [0.05, 0.1) is 12.3 Å². The molecule has 0 aliphatic carbocycles. The second-order valence-corrected chi connectivity index (χ2v) is 5.49. The van der Waals surface area contributed by atoms with E-state index in [0.29, 0.717) is 12.0 Å². The molecule has 1 N–H and O–H groups in total. The van der Waals surface area contributed by atoms with E-state index in [1.54, 1.807) is 0 Å². The van der Waals surface area contributed by atoms with Crippen molar-refractivity contribution in [1.29, 1.82) is 0 Å². The van der Waals surface area contributed by atoms with Crippen LogP contribution >= 0.6 is 0 Å². The first-order valence-electron chi connectivity index (χ1n) is 7.05. The number of hydrogen-bond donors (Lipinski definition) is 1. The predicted octanol–water partition coefficient (Wildman–Crippen LogP) is 1.45. The van der Waals surface area contributed by atoms with Gasteiger partial charge in [0.1, 0.15) is 0 Å². The molecular formula is C15H25N3O. The highest BCUT2D eigenvalue weighted by Gasteiger charge is 2.25. The Morgan fingerprint density at radius 2 is 2.32 bits per heavy atom. The van der Waals surface area contributed by atoms with Gasteiger partial charge in [0, 0.05) is 37.4 Å². The molecule has 1 aromatic heterocycles. The van der Waals surface area contributed by atoms with E-state index in [9.17, 15) is 0 Å². The number of rotatable bonds is 5. The van der Waals surface area contributed by atoms with Crippen molar-refractivity contribution in [3.8, 4) is 0 Å². The van der Waals surface area contributed by atoms with Crippen LogP contribution in [0.5, 0.6) is 0 Å². The number of aromatic nitrogens is 1. The average molecular weight is 263 g/mol. The molecule has 0 aromatic carbocycles. The highest BCUT2D eigenvalue weighted by molar-refractivity contribution is 5.09. The Morgan fingerprint density at radius 3 is 3.05 bits per heavy atom. The van der Waals surface area contributed by atoms with Gasteiger partial charge in [-0.3, -0.25) is 4.98 Å². The van der Waals surface area contributed by atoms with Crippen LogP contribution in [0.15, 0.2) is 18.2 Å². The molecule has 0 amide bonds. The van der Waals surface area contributed by atoms with Gasteiger partial charge in [-0.1, -0.05) is 6.07 Å². The minimum absolute atomic E-state index is 0.563. The van der Waals surface area contributed by atoms with Crippen LogP contribution in [0.2, 0.25) is 0 Å². The molecule has 1 aliphatic heterocycles. The summed E-state index contributed by atoms with van der Waals surface area (Å²) in [6.07, 6.45) is 1.11. The van der Waals surface area contributed by atoms with E-state index in [1.165, 1.54) is 0 Å². The summed E-state index contributed by atoms with van der Waals surface area (Å²) < 4.78 is 5.60. The van der Waals surface area contributed by atoms with Gasteiger partial charge in [0.25, 0.3) is 0 Å². The lowest BCUT2D eigenvalue weighted by molar-refractivity contribution is 0.0207. The smallest absolute Gasteiger partial charge is 0.0547 e. The van der Waals surface area contributed by atoms with Gasteiger partial charge >= 0.3 is 0 Å². The number of nitrogens with one attached hydrogen (secondary N) is 1. The van der Waals surface area contributed by atoms with Crippen LogP contribution in [0.3, 0.4) is 0 Å². The third kappa shape index (κ3) is 4.27. The summed E-state index contributed by atoms with van der Waals surface area (Å²) >= 11 is 0. The summed E-state index contributed by atoms with van der Waals surface area (Å²) in [4.78, 5) is 6.90. The first-order chi connectivity index (χ1) is 9.19. The van der Waals surface area contributed by atoms with Crippen LogP contribution in [0.25, 0.3) is 0 Å². The Labute approximate surface area is 116 Å². The molecule has 1 aliphatic rings. The fraction of sp³-hybridized carbons (Fsp3) is 0.667. The standard InChI is InChI=1S/C15H25N3O/c1-12-5-4-6-14(17-12)10-18(3)9-13-11-19-8-7-15(13)16-2/h4-6,13,15-16H,7-11H2,1-3H3. The van der Waals surface area contributed by atoms with Crippen molar-refractivity contribution in [3.05, 3.63) is 29.6 Å². The molecule has 106 valence electrons. The average Bonchev–Trinajstić information content (AvgIpc) is 2.39. The largest absolute Gasteiger partial charge is 0.381 e. The van der Waals surface area contributed by atoms with Gasteiger partial charge in [-0.25, -0.2) is 0 Å². The topological polar surface area (TPSA) is 37.4 Å². The second-order valence-electron chi connectivity index (χ2n) is 5.49. The molecule has 1 saturated heterocycles. The minimum Gasteiger partial charge on any atom is -0.381 e. The normalized spacial score (nSPS) is 23.8. The first-order valence-corrected chi connectivity index (χ1v) is 7.05. The summed E-state index contributed by atoms with van der Waals surface area (Å²) in [7, 11) is 4.20. The number of aryl methyl sites for hydroxylation is 1. The first kappa shape index (κ1) is 14.4. The van der Waals surface area contributed by atoms with Gasteiger partial charge in [0.15, 0.2) is 0 Å². The molecule has 1 fully saturated rings. The molecule has 0 bridgehead atoms. The van der Waals surface area contributed by atoms with Crippen molar-refractivity contribution in [2.75, 3.05) is 33.9 Å². The van der Waals surface area contributed by atoms with E-state index in [4.69, 9.17) is 4.74 Å². The summed E-state index contributed by atoms with van der Waals surface area (Å²) in [5.74, 6) is 0.563. The van der Waals surface area contributed by atoms with Crippen LogP contribution in [0.1, 0.15) is 17.8 Å². The highest BCUT2D eigenvalue weighted by atomic mass is 16.5. The number of hydrogen-bond acceptors (Lipinski definition) is 4. The molecular weight excluding hydrogens is 238 g/mol. The fourth-order valence-corrected chi connectivity index (χ4v) is 2.79. The Hall–Kier alpha value is -0.970. The zero-order chi connectivity index (χ0) is 13.7. The van der Waals surface area contributed by atoms with Gasteiger partial charge in [0.2, 0.25) is 0 Å². The molecule has 4 nitrogen and oxygen atoms in total. The molecule has 2 unspecified atom stereocenters. The summed E-state index contributed by atoms with van der Waals surface area (Å²) in [6.45, 7) is 5.72. The van der Waals surface area contributed by atoms with Crippen molar-refractivity contribution in [2.24, 2.45) is 5.92 Å². The molecule has 0 radical (unpaired) electrons. The van der Waals surface area contributed by atoms with Crippen LogP contribution < -0.4 is 5.32 Å². The molecule has 2 atom stereocenters. The Morgan fingerprint density at radius 1 is 1.47 bits per heavy atom. The van der Waals surface area contributed by atoms with Gasteiger partial charge in [-0.2, -0.15) is 0 Å². The van der Waals surface area contributed by atoms with E-state index in [1.807, 2.05) is 20.0 Å². The molecule has 1 aromatic rings. The highest BCUT2D eigenvalue weighted by Crippen LogP contribution is 2.16. The van der Waals surface area contributed by atoms with Gasteiger partial charge in [-0.15, -0.1) is 0 Å². The molecule has 4 heteroatoms. The molecule has 2 heterocycles. The Balaban J connectivity index is 1.87. The zero-order valence-electron chi connectivity index (χ0n) is 12.2. The maximum absolute atomic E-state index is 5.60. The third-order valence-electron chi connectivity index (χ3n) is 3.77. The fourth-order valence-electron chi connectivity index (χ4n) is 2.79. The van der Waals surface area contributed by atoms with E-state index in [-0.39, 0.29) is 0 Å². The Kier molecular flexibility index (Phi) is 5.31. The maximum Gasteiger partial charge on any atom is 0.0547 e. The minimum atomic E-state index is 0.563. The van der Waals surface area contributed by atoms with Crippen molar-refractivity contribution in [1.82, 2.24) is 15.2 Å². The van der Waals surface area contributed by atoms with Crippen LogP contribution in [0.4, 0.5) is 0 Å². The Bertz CT molecular complexity index is 397. The number of nitrogens with zero attached hydrogens (tertiary/aromatic N) is 2. The summed E-state index contributed by atoms with van der Waals surface area (Å²) in [5.41, 5.74) is 2.22. The lowest BCUT2D eigenvalue weighted by Crippen LogP contribution is -2.45. The van der Waals surface area contributed by atoms with Crippen LogP contribution in [-0.4, -0.2) is 49.8 Å². The van der Waals surface area contributed by atoms with Crippen LogP contribution in [-0.2, 0) is 11.3 Å². The lowest BCUT2D eigenvalue weighted by atomic mass is 9.95. The molecule has 0 spiro atoms. The monoisotopic (exact) mass is 263 g/mol. The second kappa shape index (κ2) is 6.98. The lowest BCUT2D eigenvalue weighted by Gasteiger charge is -2.34. The van der Waals surface area contributed by atoms with Gasteiger partial charge in [-0.05, 0) is 39.6 Å². The predicted molar refractivity (Wildman–Crippen MR) is 77.1 cm³/mol. The molecule has 2 rings (SSSR count). The van der Waals surface area contributed by atoms with E-state index >= 15 is 0 Å². The number of pyridine rings is 1. The van der Waals surface area contributed by atoms with Crippen LogP contribution in [0, 0.1) is 12.8 Å². The summed E-state index contributed by atoms with van der Waals surface area (Å²) in [5, 5.41) is 3.41. The van der Waals surface area contributed by atoms with Crippen molar-refractivity contribution < 1.29 is 4.74 Å². The zero-order valence-corrected chi connectivity index (χ0v) is 12.2. The third-order valence-corrected chi connectivity index (χ3v) is 3.77. The summed E-state index contributed by atoms with van der Waals surface area (Å²) in [6, 6.07) is 6.78.